The fourth-order valence-corrected chi connectivity index (χ4v) is 5.40. The maximum absolute atomic E-state index is 13.0. The molecule has 3 heterocycles. The fourth-order valence-electron chi connectivity index (χ4n) is 4.45. The molecule has 0 atom stereocenters. The summed E-state index contributed by atoms with van der Waals surface area (Å²) in [6, 6.07) is 5.94. The highest BCUT2D eigenvalue weighted by Gasteiger charge is 2.36. The van der Waals surface area contributed by atoms with Gasteiger partial charge in [0.15, 0.2) is 0 Å². The number of piperidine rings is 1. The van der Waals surface area contributed by atoms with Gasteiger partial charge in [-0.25, -0.2) is 0 Å². The molecule has 0 aliphatic carbocycles. The van der Waals surface area contributed by atoms with E-state index in [-0.39, 0.29) is 29.6 Å². The fraction of sp³-hybridized carbons (Fsp3) is 0.458. The van der Waals surface area contributed by atoms with Crippen molar-refractivity contribution in [1.29, 1.82) is 0 Å². The van der Waals surface area contributed by atoms with E-state index in [0.717, 1.165) is 60.6 Å². The summed E-state index contributed by atoms with van der Waals surface area (Å²) >= 11 is 0.983. The number of carbonyl (C=O) groups is 3. The van der Waals surface area contributed by atoms with Crippen LogP contribution in [0.5, 0.6) is 0 Å². The number of rotatable bonds is 5. The molecule has 0 N–H and O–H groups in total. The minimum atomic E-state index is -0.248. The third-order valence-electron chi connectivity index (χ3n) is 6.03. The zero-order valence-corrected chi connectivity index (χ0v) is 19.2. The van der Waals surface area contributed by atoms with Gasteiger partial charge in [0.1, 0.15) is 6.54 Å². The van der Waals surface area contributed by atoms with Crippen molar-refractivity contribution in [2.24, 2.45) is 0 Å². The minimum absolute atomic E-state index is 0.134. The first-order valence-corrected chi connectivity index (χ1v) is 11.9. The smallest absolute Gasteiger partial charge is 0.293 e. The average Bonchev–Trinajstić information content (AvgIpc) is 3.25. The number of fused-ring (bicyclic) bond motifs is 1. The molecule has 0 radical (unpaired) electrons. The molecule has 1 aromatic heterocycles. The third-order valence-corrected chi connectivity index (χ3v) is 6.92. The Morgan fingerprint density at radius 3 is 2.55 bits per heavy atom. The summed E-state index contributed by atoms with van der Waals surface area (Å²) < 4.78 is 2.02. The lowest BCUT2D eigenvalue weighted by Crippen LogP contribution is -2.37. The van der Waals surface area contributed by atoms with Crippen LogP contribution >= 0.6 is 11.8 Å². The summed E-state index contributed by atoms with van der Waals surface area (Å²) in [4.78, 5) is 41.7. The van der Waals surface area contributed by atoms with Crippen LogP contribution < -0.4 is 0 Å². The Morgan fingerprint density at radius 1 is 1.16 bits per heavy atom. The SMILES string of the molecule is CCc1cccc2c(/C=C3\SC(=O)N(C(C)C)C3=O)cn(CC(=O)N3CCCCC3)c12. The Labute approximate surface area is 187 Å². The highest BCUT2D eigenvalue weighted by molar-refractivity contribution is 8.18. The number of aryl methyl sites for hydroxylation is 1. The van der Waals surface area contributed by atoms with Crippen molar-refractivity contribution >= 4 is 45.8 Å². The normalized spacial score (nSPS) is 18.8. The second kappa shape index (κ2) is 8.91. The molecule has 31 heavy (non-hydrogen) atoms. The molecule has 2 saturated heterocycles. The Balaban J connectivity index is 1.73. The Hall–Kier alpha value is -2.54. The summed E-state index contributed by atoms with van der Waals surface area (Å²) in [6.45, 7) is 7.72. The van der Waals surface area contributed by atoms with Gasteiger partial charge in [0, 0.05) is 36.3 Å². The summed E-state index contributed by atoms with van der Waals surface area (Å²) in [6.07, 6.45) is 7.92. The number of hydrogen-bond donors (Lipinski definition) is 0. The average molecular weight is 440 g/mol. The van der Waals surface area contributed by atoms with Gasteiger partial charge in [-0.1, -0.05) is 25.1 Å². The van der Waals surface area contributed by atoms with Gasteiger partial charge in [-0.3, -0.25) is 19.3 Å². The van der Waals surface area contributed by atoms with E-state index < -0.39 is 0 Å². The van der Waals surface area contributed by atoms with Crippen LogP contribution in [0.4, 0.5) is 4.79 Å². The molecule has 164 valence electrons. The van der Waals surface area contributed by atoms with Crippen LogP contribution in [0.15, 0.2) is 29.3 Å². The van der Waals surface area contributed by atoms with Crippen LogP contribution in [0.25, 0.3) is 17.0 Å². The molecule has 0 saturated carbocycles. The van der Waals surface area contributed by atoms with E-state index in [4.69, 9.17) is 0 Å². The van der Waals surface area contributed by atoms with Crippen molar-refractivity contribution in [2.45, 2.75) is 59.0 Å². The van der Waals surface area contributed by atoms with Gasteiger partial charge in [-0.2, -0.15) is 0 Å². The van der Waals surface area contributed by atoms with E-state index in [1.54, 1.807) is 6.08 Å². The number of para-hydroxylation sites is 1. The highest BCUT2D eigenvalue weighted by atomic mass is 32.2. The van der Waals surface area contributed by atoms with Crippen LogP contribution in [0.1, 0.15) is 51.2 Å². The molecule has 0 bridgehead atoms. The maximum atomic E-state index is 13.0. The molecular weight excluding hydrogens is 410 g/mol. The summed E-state index contributed by atoms with van der Waals surface area (Å²) in [5.74, 6) is -0.115. The van der Waals surface area contributed by atoms with Crippen molar-refractivity contribution in [3.63, 3.8) is 0 Å². The van der Waals surface area contributed by atoms with E-state index >= 15 is 0 Å². The van der Waals surface area contributed by atoms with E-state index in [1.165, 1.54) is 16.9 Å². The van der Waals surface area contributed by atoms with Crippen molar-refractivity contribution in [3.05, 3.63) is 40.4 Å². The molecule has 4 rings (SSSR count). The lowest BCUT2D eigenvalue weighted by Gasteiger charge is -2.27. The summed E-state index contributed by atoms with van der Waals surface area (Å²) in [5, 5.41) is 0.770. The van der Waals surface area contributed by atoms with E-state index in [1.807, 2.05) is 41.6 Å². The number of aromatic nitrogens is 1. The monoisotopic (exact) mass is 439 g/mol. The van der Waals surface area contributed by atoms with Crippen LogP contribution in [-0.4, -0.2) is 50.6 Å². The first-order chi connectivity index (χ1) is 14.9. The lowest BCUT2D eigenvalue weighted by atomic mass is 10.1. The molecule has 2 aliphatic heterocycles. The van der Waals surface area contributed by atoms with Gasteiger partial charge in [-0.15, -0.1) is 0 Å². The van der Waals surface area contributed by atoms with Crippen LogP contribution in [0, 0.1) is 0 Å². The number of hydrogen-bond acceptors (Lipinski definition) is 4. The molecule has 6 nitrogen and oxygen atoms in total. The predicted molar refractivity (Wildman–Crippen MR) is 125 cm³/mol. The molecule has 0 spiro atoms. The van der Waals surface area contributed by atoms with Gasteiger partial charge in [0.25, 0.3) is 11.1 Å². The number of nitrogens with zero attached hydrogens (tertiary/aromatic N) is 3. The second-order valence-electron chi connectivity index (χ2n) is 8.47. The number of benzene rings is 1. The highest BCUT2D eigenvalue weighted by Crippen LogP contribution is 2.35. The standard InChI is InChI=1S/C24H29N3O3S/c1-4-17-9-8-10-19-18(13-20-23(29)27(16(2)3)24(30)31-20)14-26(22(17)19)15-21(28)25-11-6-5-7-12-25/h8-10,13-14,16H,4-7,11-12,15H2,1-3H3/b20-13-. The van der Waals surface area contributed by atoms with Crippen LogP contribution in [-0.2, 0) is 22.6 Å². The quantitative estimate of drug-likeness (QED) is 0.636. The molecule has 2 aliphatic rings. The number of carbonyl (C=O) groups excluding carboxylic acids is 3. The molecule has 2 fully saturated rings. The largest absolute Gasteiger partial charge is 0.341 e. The molecule has 3 amide bonds. The molecule has 2 aromatic rings. The van der Waals surface area contributed by atoms with Crippen LogP contribution in [0.2, 0.25) is 0 Å². The Bertz CT molecular complexity index is 1060. The molecule has 7 heteroatoms. The number of amides is 3. The van der Waals surface area contributed by atoms with Crippen molar-refractivity contribution in [2.75, 3.05) is 13.1 Å². The van der Waals surface area contributed by atoms with Gasteiger partial charge >= 0.3 is 0 Å². The molecular formula is C24H29N3O3S. The van der Waals surface area contributed by atoms with Gasteiger partial charge in [0.2, 0.25) is 5.91 Å². The zero-order valence-electron chi connectivity index (χ0n) is 18.4. The lowest BCUT2D eigenvalue weighted by molar-refractivity contribution is -0.132. The number of likely N-dealkylation sites (tertiary alicyclic amines) is 1. The number of imide groups is 1. The Kier molecular flexibility index (Phi) is 6.23. The van der Waals surface area contributed by atoms with E-state index in [9.17, 15) is 14.4 Å². The van der Waals surface area contributed by atoms with Gasteiger partial charge in [0.05, 0.1) is 10.4 Å². The minimum Gasteiger partial charge on any atom is -0.341 e. The zero-order chi connectivity index (χ0) is 22.1. The Morgan fingerprint density at radius 2 is 1.90 bits per heavy atom. The van der Waals surface area contributed by atoms with E-state index in [0.29, 0.717) is 4.91 Å². The van der Waals surface area contributed by atoms with Crippen molar-refractivity contribution in [1.82, 2.24) is 14.4 Å². The summed E-state index contributed by atoms with van der Waals surface area (Å²) in [5.41, 5.74) is 3.06. The van der Waals surface area contributed by atoms with Gasteiger partial charge in [-0.05, 0) is 62.9 Å². The second-order valence-corrected chi connectivity index (χ2v) is 9.46. The number of thioether (sulfide) groups is 1. The summed E-state index contributed by atoms with van der Waals surface area (Å²) in [7, 11) is 0. The first-order valence-electron chi connectivity index (χ1n) is 11.1. The molecule has 1 aromatic carbocycles. The van der Waals surface area contributed by atoms with E-state index in [2.05, 4.69) is 13.0 Å². The van der Waals surface area contributed by atoms with Crippen LogP contribution in [0.3, 0.4) is 0 Å². The maximum Gasteiger partial charge on any atom is 0.293 e. The topological polar surface area (TPSA) is 62.6 Å². The third kappa shape index (κ3) is 4.15. The van der Waals surface area contributed by atoms with Crippen molar-refractivity contribution < 1.29 is 14.4 Å². The molecule has 0 unspecified atom stereocenters. The predicted octanol–water partition coefficient (Wildman–Crippen LogP) is 4.66. The van der Waals surface area contributed by atoms with Crippen molar-refractivity contribution in [3.8, 4) is 0 Å². The first kappa shape index (κ1) is 21.7. The van der Waals surface area contributed by atoms with Gasteiger partial charge < -0.3 is 9.47 Å².